The first-order valence-corrected chi connectivity index (χ1v) is 11.2. The van der Waals surface area contributed by atoms with Crippen LogP contribution in [0.15, 0.2) is 53.5 Å². The van der Waals surface area contributed by atoms with Crippen molar-refractivity contribution in [1.29, 1.82) is 0 Å². The minimum Gasteiger partial charge on any atom is -0.478 e. The van der Waals surface area contributed by atoms with Gasteiger partial charge in [0.2, 0.25) is 0 Å². The maximum atomic E-state index is 11.8. The van der Waals surface area contributed by atoms with Gasteiger partial charge in [0, 0.05) is 29.8 Å². The van der Waals surface area contributed by atoms with Gasteiger partial charge in [-0.2, -0.15) is 0 Å². The van der Waals surface area contributed by atoms with Crippen LogP contribution in [0.2, 0.25) is 0 Å². The summed E-state index contributed by atoms with van der Waals surface area (Å²) in [5.41, 5.74) is 2.39. The van der Waals surface area contributed by atoms with Crippen molar-refractivity contribution < 1.29 is 19.8 Å². The standard InChI is InChI=1S/C24H26N2O4S/c1-2-3-6-22-25-16-20(14-19(24(29)30)15-21-5-4-13-31-21)26(22)12-11-17-7-9-18(10-8-17)23(27)28/h4-5,7-10,13-14,16H,2-3,6,11-12,15H2,1H3,(H,27,28)(H,29,30)/b19-14+. The molecule has 6 nitrogen and oxygen atoms in total. The first-order chi connectivity index (χ1) is 15.0. The SMILES string of the molecule is CCCCc1ncc(/C=C(\Cc2cccs2)C(=O)O)n1CCc1ccc(C(=O)O)cc1. The smallest absolute Gasteiger partial charge is 0.335 e. The predicted molar refractivity (Wildman–Crippen MR) is 122 cm³/mol. The molecule has 0 aliphatic heterocycles. The normalized spacial score (nSPS) is 11.6. The van der Waals surface area contributed by atoms with Gasteiger partial charge >= 0.3 is 11.9 Å². The van der Waals surface area contributed by atoms with E-state index >= 15 is 0 Å². The Morgan fingerprint density at radius 2 is 1.90 bits per heavy atom. The van der Waals surface area contributed by atoms with Crippen LogP contribution in [-0.4, -0.2) is 31.7 Å². The van der Waals surface area contributed by atoms with Crippen molar-refractivity contribution in [1.82, 2.24) is 9.55 Å². The molecule has 0 unspecified atom stereocenters. The number of hydrogen-bond acceptors (Lipinski definition) is 4. The summed E-state index contributed by atoms with van der Waals surface area (Å²) >= 11 is 1.54. The van der Waals surface area contributed by atoms with E-state index in [2.05, 4.69) is 16.5 Å². The minimum atomic E-state index is -0.942. The maximum absolute atomic E-state index is 11.8. The molecule has 162 valence electrons. The first kappa shape index (κ1) is 22.5. The summed E-state index contributed by atoms with van der Waals surface area (Å²) in [5, 5.41) is 20.7. The number of aromatic carboxylic acids is 1. The lowest BCUT2D eigenvalue weighted by atomic mass is 10.1. The van der Waals surface area contributed by atoms with Crippen LogP contribution in [0.3, 0.4) is 0 Å². The fourth-order valence-electron chi connectivity index (χ4n) is 3.36. The molecular formula is C24H26N2O4S. The molecule has 2 aromatic heterocycles. The Morgan fingerprint density at radius 1 is 1.13 bits per heavy atom. The fourth-order valence-corrected chi connectivity index (χ4v) is 4.09. The zero-order chi connectivity index (χ0) is 22.2. The fraction of sp³-hybridized carbons (Fsp3) is 0.292. The lowest BCUT2D eigenvalue weighted by molar-refractivity contribution is -0.132. The van der Waals surface area contributed by atoms with Crippen LogP contribution in [0.25, 0.3) is 6.08 Å². The van der Waals surface area contributed by atoms with Gasteiger partial charge in [-0.15, -0.1) is 11.3 Å². The number of carbonyl (C=O) groups is 2. The number of aryl methyl sites for hydroxylation is 2. The summed E-state index contributed by atoms with van der Waals surface area (Å²) in [6, 6.07) is 10.7. The van der Waals surface area contributed by atoms with Gasteiger partial charge in [0.05, 0.1) is 17.5 Å². The summed E-state index contributed by atoms with van der Waals surface area (Å²) < 4.78 is 2.08. The van der Waals surface area contributed by atoms with Crippen molar-refractivity contribution in [2.75, 3.05) is 0 Å². The Morgan fingerprint density at radius 3 is 2.52 bits per heavy atom. The van der Waals surface area contributed by atoms with Gasteiger partial charge in [0.25, 0.3) is 0 Å². The van der Waals surface area contributed by atoms with E-state index in [1.165, 1.54) is 0 Å². The molecule has 0 spiro atoms. The molecule has 3 rings (SSSR count). The van der Waals surface area contributed by atoms with E-state index in [1.54, 1.807) is 35.7 Å². The molecule has 0 atom stereocenters. The van der Waals surface area contributed by atoms with Crippen molar-refractivity contribution in [3.05, 3.63) is 81.1 Å². The van der Waals surface area contributed by atoms with Crippen LogP contribution < -0.4 is 0 Å². The molecule has 2 heterocycles. The highest BCUT2D eigenvalue weighted by Gasteiger charge is 2.14. The lowest BCUT2D eigenvalue weighted by Gasteiger charge is -2.11. The second-order valence-corrected chi connectivity index (χ2v) is 8.37. The predicted octanol–water partition coefficient (Wildman–Crippen LogP) is 4.94. The summed E-state index contributed by atoms with van der Waals surface area (Å²) in [6.07, 6.45) is 7.42. The van der Waals surface area contributed by atoms with E-state index in [1.807, 2.05) is 29.6 Å². The number of nitrogens with zero attached hydrogens (tertiary/aromatic N) is 2. The van der Waals surface area contributed by atoms with E-state index in [4.69, 9.17) is 5.11 Å². The zero-order valence-electron chi connectivity index (χ0n) is 17.5. The Kier molecular flexibility index (Phi) is 7.78. The van der Waals surface area contributed by atoms with Crippen LogP contribution >= 0.6 is 11.3 Å². The highest BCUT2D eigenvalue weighted by Crippen LogP contribution is 2.19. The van der Waals surface area contributed by atoms with E-state index in [0.717, 1.165) is 41.2 Å². The molecule has 0 radical (unpaired) electrons. The Labute approximate surface area is 185 Å². The van der Waals surface area contributed by atoms with Crippen LogP contribution in [-0.2, 0) is 30.6 Å². The number of carboxylic acids is 2. The van der Waals surface area contributed by atoms with Crippen molar-refractivity contribution in [3.8, 4) is 0 Å². The molecule has 31 heavy (non-hydrogen) atoms. The molecule has 0 saturated heterocycles. The number of benzene rings is 1. The van der Waals surface area contributed by atoms with Crippen molar-refractivity contribution in [3.63, 3.8) is 0 Å². The van der Waals surface area contributed by atoms with E-state index in [9.17, 15) is 14.7 Å². The van der Waals surface area contributed by atoms with E-state index in [0.29, 0.717) is 25.0 Å². The van der Waals surface area contributed by atoms with E-state index < -0.39 is 11.9 Å². The molecule has 7 heteroatoms. The molecule has 1 aromatic carbocycles. The molecule has 0 saturated carbocycles. The number of rotatable bonds is 11. The van der Waals surface area contributed by atoms with Gasteiger partial charge in [-0.3, -0.25) is 0 Å². The van der Waals surface area contributed by atoms with Crippen LogP contribution in [0.1, 0.15) is 52.1 Å². The topological polar surface area (TPSA) is 92.4 Å². The number of aromatic nitrogens is 2. The van der Waals surface area contributed by atoms with Crippen LogP contribution in [0, 0.1) is 0 Å². The number of hydrogen-bond donors (Lipinski definition) is 2. The minimum absolute atomic E-state index is 0.262. The van der Waals surface area contributed by atoms with Gasteiger partial charge in [-0.25, -0.2) is 14.6 Å². The van der Waals surface area contributed by atoms with Crippen molar-refractivity contribution in [2.24, 2.45) is 0 Å². The average molecular weight is 439 g/mol. The molecular weight excluding hydrogens is 412 g/mol. The van der Waals surface area contributed by atoms with E-state index in [-0.39, 0.29) is 5.56 Å². The number of unbranched alkanes of at least 4 members (excludes halogenated alkanes) is 1. The van der Waals surface area contributed by atoms with Gasteiger partial charge in [0.15, 0.2) is 0 Å². The molecule has 0 bridgehead atoms. The summed E-state index contributed by atoms with van der Waals surface area (Å²) in [4.78, 5) is 28.5. The molecule has 3 aromatic rings. The van der Waals surface area contributed by atoms with Crippen molar-refractivity contribution >= 4 is 29.4 Å². The zero-order valence-corrected chi connectivity index (χ0v) is 18.3. The second-order valence-electron chi connectivity index (χ2n) is 7.34. The molecule has 0 aliphatic rings. The van der Waals surface area contributed by atoms with Gasteiger partial charge in [0.1, 0.15) is 5.82 Å². The molecule has 0 fully saturated rings. The third-order valence-electron chi connectivity index (χ3n) is 5.09. The highest BCUT2D eigenvalue weighted by atomic mass is 32.1. The Balaban J connectivity index is 1.85. The van der Waals surface area contributed by atoms with Gasteiger partial charge in [-0.05, 0) is 48.1 Å². The number of carboxylic acid groups (broad SMARTS) is 2. The monoisotopic (exact) mass is 438 g/mol. The summed E-state index contributed by atoms with van der Waals surface area (Å²) in [5.74, 6) is -0.931. The largest absolute Gasteiger partial charge is 0.478 e. The molecule has 0 aliphatic carbocycles. The first-order valence-electron chi connectivity index (χ1n) is 10.3. The number of aliphatic carboxylic acids is 1. The molecule has 2 N–H and O–H groups in total. The highest BCUT2D eigenvalue weighted by molar-refractivity contribution is 7.09. The maximum Gasteiger partial charge on any atom is 0.335 e. The summed E-state index contributed by atoms with van der Waals surface area (Å²) in [7, 11) is 0. The Bertz CT molecular complexity index is 1050. The third kappa shape index (κ3) is 6.15. The number of imidazole rings is 1. The number of thiophene rings is 1. The van der Waals surface area contributed by atoms with Crippen molar-refractivity contribution in [2.45, 2.75) is 45.6 Å². The average Bonchev–Trinajstić information content (AvgIpc) is 3.40. The van der Waals surface area contributed by atoms with Gasteiger partial charge in [-0.1, -0.05) is 31.5 Å². The molecule has 0 amide bonds. The lowest BCUT2D eigenvalue weighted by Crippen LogP contribution is -2.10. The van der Waals surface area contributed by atoms with Gasteiger partial charge < -0.3 is 14.8 Å². The summed E-state index contributed by atoms with van der Waals surface area (Å²) in [6.45, 7) is 2.77. The third-order valence-corrected chi connectivity index (χ3v) is 5.97. The van der Waals surface area contributed by atoms with Crippen LogP contribution in [0.5, 0.6) is 0 Å². The Hall–Kier alpha value is -3.19. The second kappa shape index (κ2) is 10.7. The quantitative estimate of drug-likeness (QED) is 0.414. The van der Waals surface area contributed by atoms with Crippen LogP contribution in [0.4, 0.5) is 0 Å².